The van der Waals surface area contributed by atoms with Crippen molar-refractivity contribution in [3.63, 3.8) is 0 Å². The summed E-state index contributed by atoms with van der Waals surface area (Å²) >= 11 is 0. The summed E-state index contributed by atoms with van der Waals surface area (Å²) in [4.78, 5) is 41.2. The zero-order valence-electron chi connectivity index (χ0n) is 20.4. The lowest BCUT2D eigenvalue weighted by molar-refractivity contribution is -0.125. The van der Waals surface area contributed by atoms with Gasteiger partial charge in [-0.25, -0.2) is 9.07 Å². The molecule has 1 fully saturated rings. The summed E-state index contributed by atoms with van der Waals surface area (Å²) in [7, 11) is 0. The van der Waals surface area contributed by atoms with Crippen molar-refractivity contribution < 1.29 is 28.2 Å². The highest BCUT2D eigenvalue weighted by atomic mass is 19.1. The summed E-state index contributed by atoms with van der Waals surface area (Å²) in [6, 6.07) is 11.3. The number of fused-ring (bicyclic) bond motifs is 1. The van der Waals surface area contributed by atoms with E-state index in [1.165, 1.54) is 16.8 Å². The molecule has 0 aliphatic carbocycles. The molecular weight excluding hydrogens is 481 g/mol. The summed E-state index contributed by atoms with van der Waals surface area (Å²) in [6.07, 6.45) is 0.113. The Hall–Kier alpha value is -4.25. The van der Waals surface area contributed by atoms with Crippen LogP contribution in [0.5, 0.6) is 5.75 Å². The molecule has 2 N–H and O–H groups in total. The van der Waals surface area contributed by atoms with Gasteiger partial charge in [-0.15, -0.1) is 0 Å². The molecule has 5 rings (SSSR count). The molecular formula is C26H26FN5O5. The van der Waals surface area contributed by atoms with Crippen molar-refractivity contribution in [3.05, 3.63) is 65.2 Å². The van der Waals surface area contributed by atoms with Crippen LogP contribution in [0.15, 0.2) is 42.5 Å². The number of hydrogen-bond acceptors (Lipinski definition) is 6. The first-order valence-corrected chi connectivity index (χ1v) is 11.9. The molecule has 10 nitrogen and oxygen atoms in total. The minimum Gasteiger partial charge on any atom is -0.488 e. The molecule has 0 spiro atoms. The number of ether oxygens (including phenoxy) is 2. The first-order chi connectivity index (χ1) is 17.7. The molecule has 1 saturated heterocycles. The molecule has 192 valence electrons. The fourth-order valence-corrected chi connectivity index (χ4v) is 4.57. The Morgan fingerprint density at radius 3 is 2.35 bits per heavy atom. The van der Waals surface area contributed by atoms with Crippen LogP contribution in [0.4, 0.5) is 15.8 Å². The molecule has 2 aliphatic heterocycles. The van der Waals surface area contributed by atoms with Crippen LogP contribution in [-0.2, 0) is 16.0 Å². The lowest BCUT2D eigenvalue weighted by atomic mass is 10.0. The van der Waals surface area contributed by atoms with Crippen LogP contribution in [0.25, 0.3) is 5.69 Å². The Bertz CT molecular complexity index is 1380. The molecule has 0 radical (unpaired) electrons. The van der Waals surface area contributed by atoms with Crippen molar-refractivity contribution >= 4 is 29.1 Å². The molecule has 3 heterocycles. The van der Waals surface area contributed by atoms with E-state index in [0.29, 0.717) is 43.1 Å². The third-order valence-electron chi connectivity index (χ3n) is 6.23. The Labute approximate surface area is 212 Å². The Morgan fingerprint density at radius 2 is 1.73 bits per heavy atom. The number of morpholine rings is 1. The molecule has 0 atom stereocenters. The zero-order chi connectivity index (χ0) is 26.3. The van der Waals surface area contributed by atoms with Crippen LogP contribution in [0.3, 0.4) is 0 Å². The van der Waals surface area contributed by atoms with E-state index in [4.69, 9.17) is 15.2 Å². The van der Waals surface area contributed by atoms with Gasteiger partial charge in [0.15, 0.2) is 17.3 Å². The van der Waals surface area contributed by atoms with Gasteiger partial charge in [-0.05, 0) is 56.7 Å². The predicted molar refractivity (Wildman–Crippen MR) is 133 cm³/mol. The molecule has 2 aliphatic rings. The van der Waals surface area contributed by atoms with E-state index in [1.807, 2.05) is 0 Å². The molecule has 11 heteroatoms. The highest BCUT2D eigenvalue weighted by molar-refractivity contribution is 6.09. The lowest BCUT2D eigenvalue weighted by Crippen LogP contribution is -2.41. The second-order valence-electron chi connectivity index (χ2n) is 9.05. The molecule has 37 heavy (non-hydrogen) atoms. The number of amides is 3. The van der Waals surface area contributed by atoms with Gasteiger partial charge in [-0.1, -0.05) is 0 Å². The van der Waals surface area contributed by atoms with Crippen LogP contribution in [-0.4, -0.2) is 59.9 Å². The quantitative estimate of drug-likeness (QED) is 0.547. The molecule has 3 amide bonds. The average Bonchev–Trinajstić information content (AvgIpc) is 3.27. The van der Waals surface area contributed by atoms with E-state index < -0.39 is 17.6 Å². The minimum atomic E-state index is -0.768. The van der Waals surface area contributed by atoms with Gasteiger partial charge in [0.05, 0.1) is 18.4 Å². The maximum absolute atomic E-state index is 14.8. The number of halogens is 1. The molecule has 1 aromatic heterocycles. The SMILES string of the molecule is CC(C)Oc1ccc(-n2nc(C(N)=O)c3c2C(=O)N(c2ccc(N4CCOCC4=O)cc2)CC3)cc1F. The lowest BCUT2D eigenvalue weighted by Gasteiger charge is -2.29. The van der Waals surface area contributed by atoms with Crippen molar-refractivity contribution in [3.8, 4) is 11.4 Å². The van der Waals surface area contributed by atoms with Crippen molar-refractivity contribution in [2.45, 2.75) is 26.4 Å². The Balaban J connectivity index is 1.49. The van der Waals surface area contributed by atoms with Crippen LogP contribution < -0.4 is 20.3 Å². The monoisotopic (exact) mass is 507 g/mol. The van der Waals surface area contributed by atoms with Gasteiger partial charge >= 0.3 is 0 Å². The summed E-state index contributed by atoms with van der Waals surface area (Å²) in [5.41, 5.74) is 7.68. The fourth-order valence-electron chi connectivity index (χ4n) is 4.57. The Kier molecular flexibility index (Phi) is 6.38. The van der Waals surface area contributed by atoms with Gasteiger partial charge in [-0.2, -0.15) is 5.10 Å². The van der Waals surface area contributed by atoms with Crippen LogP contribution in [0, 0.1) is 5.82 Å². The van der Waals surface area contributed by atoms with Crippen LogP contribution >= 0.6 is 0 Å². The third kappa shape index (κ3) is 4.53. The van der Waals surface area contributed by atoms with Crippen LogP contribution in [0.1, 0.15) is 40.4 Å². The van der Waals surface area contributed by atoms with Gasteiger partial charge < -0.3 is 25.0 Å². The minimum absolute atomic E-state index is 0.0212. The number of primary amides is 1. The van der Waals surface area contributed by atoms with E-state index >= 15 is 0 Å². The highest BCUT2D eigenvalue weighted by Crippen LogP contribution is 2.31. The summed E-state index contributed by atoms with van der Waals surface area (Å²) < 4.78 is 26.7. The van der Waals surface area contributed by atoms with Gasteiger partial charge in [-0.3, -0.25) is 14.4 Å². The first-order valence-electron chi connectivity index (χ1n) is 11.9. The standard InChI is InChI=1S/C26H26FN5O5/c1-15(2)37-21-8-7-18(13-20(21)27)32-24-19(23(29-32)25(28)34)9-10-31(26(24)35)17-5-3-16(4-6-17)30-11-12-36-14-22(30)33/h3-8,13,15H,9-12,14H2,1-2H3,(H2,28,34). The van der Waals surface area contributed by atoms with Gasteiger partial charge in [0, 0.05) is 36.1 Å². The van der Waals surface area contributed by atoms with Crippen LogP contribution in [0.2, 0.25) is 0 Å². The summed E-state index contributed by atoms with van der Waals surface area (Å²) in [5, 5.41) is 4.29. The van der Waals surface area contributed by atoms with Crippen molar-refractivity contribution in [1.82, 2.24) is 9.78 Å². The highest BCUT2D eigenvalue weighted by Gasteiger charge is 2.35. The largest absolute Gasteiger partial charge is 0.488 e. The number of anilines is 2. The summed E-state index contributed by atoms with van der Waals surface area (Å²) in [6.45, 7) is 4.81. The number of carbonyl (C=O) groups is 3. The van der Waals surface area contributed by atoms with E-state index in [1.54, 1.807) is 54.0 Å². The number of nitrogens with two attached hydrogens (primary N) is 1. The molecule has 3 aromatic rings. The first kappa shape index (κ1) is 24.4. The second-order valence-corrected chi connectivity index (χ2v) is 9.05. The topological polar surface area (TPSA) is 120 Å². The van der Waals surface area contributed by atoms with E-state index in [-0.39, 0.29) is 41.4 Å². The second kappa shape index (κ2) is 9.66. The maximum Gasteiger partial charge on any atom is 0.277 e. The van der Waals surface area contributed by atoms with E-state index in [2.05, 4.69) is 5.10 Å². The Morgan fingerprint density at radius 1 is 1.05 bits per heavy atom. The van der Waals surface area contributed by atoms with E-state index in [9.17, 15) is 18.8 Å². The van der Waals surface area contributed by atoms with Gasteiger partial charge in [0.2, 0.25) is 0 Å². The molecule has 2 aromatic carbocycles. The normalized spacial score (nSPS) is 15.8. The number of nitrogens with zero attached hydrogens (tertiary/aromatic N) is 4. The number of benzene rings is 2. The third-order valence-corrected chi connectivity index (χ3v) is 6.23. The van der Waals surface area contributed by atoms with Gasteiger partial charge in [0.25, 0.3) is 17.7 Å². The molecule has 0 saturated carbocycles. The summed E-state index contributed by atoms with van der Waals surface area (Å²) in [5.74, 6) is -1.85. The van der Waals surface area contributed by atoms with E-state index in [0.717, 1.165) is 0 Å². The smallest absolute Gasteiger partial charge is 0.277 e. The van der Waals surface area contributed by atoms with Crippen molar-refractivity contribution in [2.24, 2.45) is 5.73 Å². The number of carbonyl (C=O) groups excluding carboxylic acids is 3. The zero-order valence-corrected chi connectivity index (χ0v) is 20.4. The number of rotatable bonds is 6. The predicted octanol–water partition coefficient (Wildman–Crippen LogP) is 2.46. The average molecular weight is 508 g/mol. The molecule has 0 bridgehead atoms. The molecule has 0 unspecified atom stereocenters. The number of hydrogen-bond donors (Lipinski definition) is 1. The number of aromatic nitrogens is 2. The maximum atomic E-state index is 14.8. The van der Waals surface area contributed by atoms with Crippen molar-refractivity contribution in [2.75, 3.05) is 36.1 Å². The fraction of sp³-hybridized carbons (Fsp3) is 0.308. The van der Waals surface area contributed by atoms with Gasteiger partial charge in [0.1, 0.15) is 12.3 Å². The van der Waals surface area contributed by atoms with Crippen molar-refractivity contribution in [1.29, 1.82) is 0 Å².